The lowest BCUT2D eigenvalue weighted by Crippen LogP contribution is -2.48. The summed E-state index contributed by atoms with van der Waals surface area (Å²) in [5.41, 5.74) is 5.71. The number of carbonyl (C=O) groups is 2. The number of methoxy groups -OCH3 is 2. The normalized spacial score (nSPS) is 10.3. The lowest BCUT2D eigenvalue weighted by molar-refractivity contribution is -0.122. The van der Waals surface area contributed by atoms with Gasteiger partial charge in [0.05, 0.1) is 14.2 Å². The molecular formula is C18H25N3O4S. The van der Waals surface area contributed by atoms with Crippen molar-refractivity contribution >= 4 is 35.2 Å². The van der Waals surface area contributed by atoms with Gasteiger partial charge in [0.15, 0.2) is 16.6 Å². The van der Waals surface area contributed by atoms with E-state index in [4.69, 9.17) is 21.7 Å². The minimum Gasteiger partial charge on any atom is -0.493 e. The minimum atomic E-state index is -0.419. The van der Waals surface area contributed by atoms with Gasteiger partial charge in [-0.25, -0.2) is 0 Å². The molecule has 3 N–H and O–H groups in total. The monoisotopic (exact) mass is 379 g/mol. The van der Waals surface area contributed by atoms with Gasteiger partial charge in [-0.15, -0.1) is 0 Å². The highest BCUT2D eigenvalue weighted by molar-refractivity contribution is 7.80. The van der Waals surface area contributed by atoms with Crippen molar-refractivity contribution < 1.29 is 19.1 Å². The number of thiocarbonyl (C=S) groups is 1. The van der Waals surface area contributed by atoms with E-state index < -0.39 is 5.91 Å². The van der Waals surface area contributed by atoms with Gasteiger partial charge < -0.3 is 9.47 Å². The Bertz CT molecular complexity index is 662. The quantitative estimate of drug-likeness (QED) is 0.278. The molecule has 0 aliphatic rings. The Balaban J connectivity index is 2.44. The Kier molecular flexibility index (Phi) is 9.78. The van der Waals surface area contributed by atoms with E-state index in [9.17, 15) is 9.59 Å². The fourth-order valence-electron chi connectivity index (χ4n) is 2.04. The fraction of sp³-hybridized carbons (Fsp3) is 0.389. The van der Waals surface area contributed by atoms with E-state index in [0.717, 1.165) is 24.8 Å². The molecule has 0 aliphatic heterocycles. The molecule has 0 saturated carbocycles. The highest BCUT2D eigenvalue weighted by Crippen LogP contribution is 2.27. The first-order valence-electron chi connectivity index (χ1n) is 8.30. The van der Waals surface area contributed by atoms with Crippen molar-refractivity contribution in [1.82, 2.24) is 16.2 Å². The van der Waals surface area contributed by atoms with Gasteiger partial charge >= 0.3 is 0 Å². The van der Waals surface area contributed by atoms with E-state index in [0.29, 0.717) is 17.9 Å². The summed E-state index contributed by atoms with van der Waals surface area (Å²) in [6, 6.07) is 5.28. The maximum absolute atomic E-state index is 11.9. The Morgan fingerprint density at radius 1 is 1.12 bits per heavy atom. The second-order valence-corrected chi connectivity index (χ2v) is 5.80. The van der Waals surface area contributed by atoms with Crippen molar-refractivity contribution in [2.75, 3.05) is 14.2 Å². The fourth-order valence-corrected chi connectivity index (χ4v) is 2.19. The van der Waals surface area contributed by atoms with Crippen LogP contribution in [0.4, 0.5) is 0 Å². The molecule has 26 heavy (non-hydrogen) atoms. The zero-order valence-corrected chi connectivity index (χ0v) is 16.1. The van der Waals surface area contributed by atoms with Crippen LogP contribution in [-0.4, -0.2) is 31.1 Å². The van der Waals surface area contributed by atoms with Crippen LogP contribution in [0.3, 0.4) is 0 Å². The Morgan fingerprint density at radius 3 is 2.50 bits per heavy atom. The van der Waals surface area contributed by atoms with Crippen LogP contribution in [-0.2, 0) is 9.59 Å². The number of benzene rings is 1. The molecule has 0 aliphatic carbocycles. The van der Waals surface area contributed by atoms with Gasteiger partial charge in [0.1, 0.15) is 0 Å². The summed E-state index contributed by atoms with van der Waals surface area (Å²) in [7, 11) is 3.09. The van der Waals surface area contributed by atoms with Crippen molar-refractivity contribution in [3.8, 4) is 11.5 Å². The summed E-state index contributed by atoms with van der Waals surface area (Å²) in [6.45, 7) is 2.07. The third kappa shape index (κ3) is 7.98. The third-order valence-corrected chi connectivity index (χ3v) is 3.60. The number of hydrazine groups is 1. The van der Waals surface area contributed by atoms with Gasteiger partial charge in [0, 0.05) is 12.5 Å². The van der Waals surface area contributed by atoms with E-state index in [1.165, 1.54) is 6.08 Å². The van der Waals surface area contributed by atoms with Crippen molar-refractivity contribution in [3.63, 3.8) is 0 Å². The molecule has 1 rings (SSSR count). The number of ether oxygens (including phenoxy) is 2. The summed E-state index contributed by atoms with van der Waals surface area (Å²) in [4.78, 5) is 23.4. The number of hydrogen-bond donors (Lipinski definition) is 3. The smallest absolute Gasteiger partial charge is 0.250 e. The molecule has 0 aromatic heterocycles. The van der Waals surface area contributed by atoms with Gasteiger partial charge in [-0.1, -0.05) is 25.8 Å². The SMILES string of the molecule is CCCCCC(=O)NNC(=S)NC(=O)C=Cc1ccc(OC)c(OC)c1. The van der Waals surface area contributed by atoms with Crippen molar-refractivity contribution in [1.29, 1.82) is 0 Å². The average molecular weight is 379 g/mol. The second-order valence-electron chi connectivity index (χ2n) is 5.40. The molecule has 0 radical (unpaired) electrons. The number of unbranched alkanes of at least 4 members (excludes halogenated alkanes) is 2. The van der Waals surface area contributed by atoms with Gasteiger partial charge in [0.25, 0.3) is 0 Å². The molecule has 8 heteroatoms. The van der Waals surface area contributed by atoms with Crippen LogP contribution in [0, 0.1) is 0 Å². The lowest BCUT2D eigenvalue weighted by Gasteiger charge is -2.09. The molecule has 0 atom stereocenters. The van der Waals surface area contributed by atoms with Crippen molar-refractivity contribution in [2.24, 2.45) is 0 Å². The van der Waals surface area contributed by atoms with E-state index >= 15 is 0 Å². The first-order chi connectivity index (χ1) is 12.5. The molecular weight excluding hydrogens is 354 g/mol. The molecule has 0 spiro atoms. The molecule has 0 unspecified atom stereocenters. The summed E-state index contributed by atoms with van der Waals surface area (Å²) in [5, 5.41) is 2.47. The molecule has 7 nitrogen and oxygen atoms in total. The Hall–Kier alpha value is -2.61. The van der Waals surface area contributed by atoms with Crippen LogP contribution in [0.15, 0.2) is 24.3 Å². The maximum atomic E-state index is 11.9. The summed E-state index contributed by atoms with van der Waals surface area (Å²) >= 11 is 4.96. The molecule has 2 amide bonds. The maximum Gasteiger partial charge on any atom is 0.250 e. The van der Waals surface area contributed by atoms with Crippen LogP contribution in [0.2, 0.25) is 0 Å². The predicted molar refractivity (Wildman–Crippen MR) is 105 cm³/mol. The zero-order valence-electron chi connectivity index (χ0n) is 15.3. The molecule has 0 fully saturated rings. The molecule has 1 aromatic rings. The highest BCUT2D eigenvalue weighted by Gasteiger charge is 2.05. The van der Waals surface area contributed by atoms with Crippen LogP contribution in [0.25, 0.3) is 6.08 Å². The van der Waals surface area contributed by atoms with Crippen LogP contribution in [0.5, 0.6) is 11.5 Å². The largest absolute Gasteiger partial charge is 0.493 e. The Labute approximate surface area is 159 Å². The Morgan fingerprint density at radius 2 is 1.85 bits per heavy atom. The zero-order chi connectivity index (χ0) is 19.4. The average Bonchev–Trinajstić information content (AvgIpc) is 2.64. The summed E-state index contributed by atoms with van der Waals surface area (Å²) in [5.74, 6) is 0.584. The van der Waals surface area contributed by atoms with E-state index in [-0.39, 0.29) is 11.0 Å². The minimum absolute atomic E-state index is 0.0239. The summed E-state index contributed by atoms with van der Waals surface area (Å²) < 4.78 is 10.4. The predicted octanol–water partition coefficient (Wildman–Crippen LogP) is 2.32. The summed E-state index contributed by atoms with van der Waals surface area (Å²) in [6.07, 6.45) is 6.21. The highest BCUT2D eigenvalue weighted by atomic mass is 32.1. The standard InChI is InChI=1S/C18H25N3O4S/c1-4-5-6-7-17(23)20-21-18(26)19-16(22)11-9-13-8-10-14(24-2)15(12-13)25-3/h8-12H,4-7H2,1-3H3,(H,20,23)(H2,19,21,22,26). The first kappa shape index (κ1) is 21.4. The van der Waals surface area contributed by atoms with E-state index in [2.05, 4.69) is 23.1 Å². The third-order valence-electron chi connectivity index (χ3n) is 3.39. The topological polar surface area (TPSA) is 88.7 Å². The second kappa shape index (κ2) is 11.9. The molecule has 0 bridgehead atoms. The number of carbonyl (C=O) groups excluding carboxylic acids is 2. The lowest BCUT2D eigenvalue weighted by atomic mass is 10.2. The molecule has 0 heterocycles. The van der Waals surface area contributed by atoms with E-state index in [1.54, 1.807) is 38.5 Å². The van der Waals surface area contributed by atoms with Gasteiger partial charge in [0.2, 0.25) is 11.8 Å². The van der Waals surface area contributed by atoms with Gasteiger partial charge in [-0.3, -0.25) is 25.8 Å². The molecule has 0 saturated heterocycles. The van der Waals surface area contributed by atoms with Gasteiger partial charge in [-0.05, 0) is 42.4 Å². The molecule has 142 valence electrons. The van der Waals surface area contributed by atoms with Gasteiger partial charge in [-0.2, -0.15) is 0 Å². The number of hydrogen-bond acceptors (Lipinski definition) is 5. The number of nitrogens with one attached hydrogen (secondary N) is 3. The van der Waals surface area contributed by atoms with Crippen molar-refractivity contribution in [2.45, 2.75) is 32.6 Å². The van der Waals surface area contributed by atoms with Crippen LogP contribution >= 0.6 is 12.2 Å². The number of rotatable bonds is 8. The first-order valence-corrected chi connectivity index (χ1v) is 8.70. The van der Waals surface area contributed by atoms with E-state index in [1.807, 2.05) is 0 Å². The number of amides is 2. The molecule has 1 aromatic carbocycles. The van der Waals surface area contributed by atoms with Crippen LogP contribution < -0.4 is 25.6 Å². The van der Waals surface area contributed by atoms with Crippen LogP contribution in [0.1, 0.15) is 38.2 Å². The van der Waals surface area contributed by atoms with Crippen molar-refractivity contribution in [3.05, 3.63) is 29.8 Å².